The van der Waals surface area contributed by atoms with Crippen LogP contribution in [0.15, 0.2) is 18.3 Å². The molecular formula is C11H14N4O2S. The van der Waals surface area contributed by atoms with Gasteiger partial charge in [0.25, 0.3) is 0 Å². The average Bonchev–Trinajstić information content (AvgIpc) is 2.34. The molecule has 18 heavy (non-hydrogen) atoms. The number of thiocarbonyl (C=S) groups is 1. The van der Waals surface area contributed by atoms with Gasteiger partial charge in [-0.05, 0) is 18.6 Å². The molecule has 6 nitrogen and oxygen atoms in total. The minimum absolute atomic E-state index is 0.00761. The van der Waals surface area contributed by atoms with Crippen molar-refractivity contribution in [2.75, 3.05) is 6.54 Å². The topological polar surface area (TPSA) is 97.1 Å². The molecule has 0 aromatic carbocycles. The molecule has 0 spiro atoms. The summed E-state index contributed by atoms with van der Waals surface area (Å²) in [5.41, 5.74) is 6.90. The third-order valence-electron chi connectivity index (χ3n) is 2.06. The number of aryl methyl sites for hydroxylation is 1. The molecule has 0 saturated carbocycles. The lowest BCUT2D eigenvalue weighted by molar-refractivity contribution is -0.139. The number of aromatic nitrogens is 1. The van der Waals surface area contributed by atoms with E-state index in [1.54, 1.807) is 6.20 Å². The van der Waals surface area contributed by atoms with Gasteiger partial charge in [-0.15, -0.1) is 0 Å². The Kier molecular flexibility index (Phi) is 5.19. The first-order valence-corrected chi connectivity index (χ1v) is 5.65. The standard InChI is InChI=1S/C11H14N4O2S/c1-7-2-3-8(4-13-7)5-14-10(16)11(17)15-6-9(12)18/h2-4H,5-6H2,1H3,(H2,12,18)(H,14,16)(H,15,17). The molecular weight excluding hydrogens is 252 g/mol. The van der Waals surface area contributed by atoms with E-state index in [0.717, 1.165) is 11.3 Å². The van der Waals surface area contributed by atoms with Crippen LogP contribution in [-0.2, 0) is 16.1 Å². The third kappa shape index (κ3) is 4.88. The number of rotatable bonds is 4. The summed E-state index contributed by atoms with van der Waals surface area (Å²) in [5.74, 6) is -1.49. The molecule has 1 heterocycles. The first-order chi connectivity index (χ1) is 8.49. The maximum absolute atomic E-state index is 11.4. The highest BCUT2D eigenvalue weighted by Gasteiger charge is 2.12. The molecule has 1 aromatic rings. The largest absolute Gasteiger partial charge is 0.392 e. The number of hydrogen-bond donors (Lipinski definition) is 3. The van der Waals surface area contributed by atoms with E-state index >= 15 is 0 Å². The molecule has 2 amide bonds. The van der Waals surface area contributed by atoms with Gasteiger partial charge in [-0.1, -0.05) is 18.3 Å². The highest BCUT2D eigenvalue weighted by Crippen LogP contribution is 1.98. The molecule has 0 radical (unpaired) electrons. The second-order valence-corrected chi connectivity index (χ2v) is 4.16. The molecule has 1 aromatic heterocycles. The molecule has 0 fully saturated rings. The van der Waals surface area contributed by atoms with Crippen LogP contribution in [0.2, 0.25) is 0 Å². The number of nitrogens with one attached hydrogen (secondary N) is 2. The fraction of sp³-hybridized carbons (Fsp3) is 0.273. The summed E-state index contributed by atoms with van der Waals surface area (Å²) in [6.45, 7) is 2.12. The van der Waals surface area contributed by atoms with Crippen LogP contribution in [0.1, 0.15) is 11.3 Å². The van der Waals surface area contributed by atoms with Gasteiger partial charge in [0.05, 0.1) is 11.5 Å². The Morgan fingerprint density at radius 3 is 2.56 bits per heavy atom. The van der Waals surface area contributed by atoms with Crippen molar-refractivity contribution in [1.82, 2.24) is 15.6 Å². The predicted molar refractivity (Wildman–Crippen MR) is 70.6 cm³/mol. The van der Waals surface area contributed by atoms with Crippen LogP contribution in [0, 0.1) is 6.92 Å². The molecule has 0 atom stereocenters. The average molecular weight is 266 g/mol. The van der Waals surface area contributed by atoms with Crippen LogP contribution in [0.5, 0.6) is 0 Å². The van der Waals surface area contributed by atoms with E-state index in [1.165, 1.54) is 0 Å². The smallest absolute Gasteiger partial charge is 0.309 e. The minimum atomic E-state index is -0.761. The molecule has 1 rings (SSSR count). The molecule has 7 heteroatoms. The van der Waals surface area contributed by atoms with E-state index in [4.69, 9.17) is 5.73 Å². The van der Waals surface area contributed by atoms with Gasteiger partial charge in [-0.25, -0.2) is 0 Å². The van der Waals surface area contributed by atoms with Crippen LogP contribution in [0.4, 0.5) is 0 Å². The number of nitrogens with zero attached hydrogens (tertiary/aromatic N) is 1. The van der Waals surface area contributed by atoms with Gasteiger partial charge in [0.1, 0.15) is 0 Å². The van der Waals surface area contributed by atoms with Gasteiger partial charge < -0.3 is 16.4 Å². The van der Waals surface area contributed by atoms with Gasteiger partial charge in [-0.3, -0.25) is 14.6 Å². The Hall–Kier alpha value is -2.02. The molecule has 0 unspecified atom stereocenters. The van der Waals surface area contributed by atoms with Gasteiger partial charge in [0.2, 0.25) is 0 Å². The van der Waals surface area contributed by atoms with E-state index in [9.17, 15) is 9.59 Å². The molecule has 0 bridgehead atoms. The third-order valence-corrected chi connectivity index (χ3v) is 2.20. The highest BCUT2D eigenvalue weighted by molar-refractivity contribution is 7.80. The first kappa shape index (κ1) is 14.0. The van der Waals surface area contributed by atoms with Crippen molar-refractivity contribution >= 4 is 29.0 Å². The monoisotopic (exact) mass is 266 g/mol. The van der Waals surface area contributed by atoms with E-state index in [1.807, 2.05) is 19.1 Å². The quantitative estimate of drug-likeness (QED) is 0.500. The second kappa shape index (κ2) is 6.65. The Morgan fingerprint density at radius 1 is 1.33 bits per heavy atom. The fourth-order valence-electron chi connectivity index (χ4n) is 1.11. The summed E-state index contributed by atoms with van der Waals surface area (Å²) in [6, 6.07) is 3.66. The molecule has 4 N–H and O–H groups in total. The van der Waals surface area contributed by atoms with Crippen LogP contribution in [0.25, 0.3) is 0 Å². The lowest BCUT2D eigenvalue weighted by Gasteiger charge is -2.05. The Labute approximate surface area is 110 Å². The Morgan fingerprint density at radius 2 is 2.00 bits per heavy atom. The van der Waals surface area contributed by atoms with Crippen molar-refractivity contribution in [3.63, 3.8) is 0 Å². The number of carbonyl (C=O) groups excluding carboxylic acids is 2. The molecule has 0 aliphatic carbocycles. The zero-order chi connectivity index (χ0) is 13.5. The lowest BCUT2D eigenvalue weighted by atomic mass is 10.2. The summed E-state index contributed by atoms with van der Waals surface area (Å²) in [6.07, 6.45) is 1.64. The molecule has 0 aliphatic heterocycles. The maximum atomic E-state index is 11.4. The number of carbonyl (C=O) groups is 2. The van der Waals surface area contributed by atoms with E-state index in [2.05, 4.69) is 27.8 Å². The second-order valence-electron chi connectivity index (χ2n) is 3.64. The van der Waals surface area contributed by atoms with Crippen LogP contribution in [-0.4, -0.2) is 28.3 Å². The Bertz CT molecular complexity index is 459. The van der Waals surface area contributed by atoms with Crippen LogP contribution >= 0.6 is 12.2 Å². The van der Waals surface area contributed by atoms with Crippen molar-refractivity contribution < 1.29 is 9.59 Å². The van der Waals surface area contributed by atoms with Crippen molar-refractivity contribution in [2.24, 2.45) is 5.73 Å². The van der Waals surface area contributed by atoms with E-state index in [0.29, 0.717) is 0 Å². The van der Waals surface area contributed by atoms with Crippen LogP contribution < -0.4 is 16.4 Å². The minimum Gasteiger partial charge on any atom is -0.392 e. The number of hydrogen-bond acceptors (Lipinski definition) is 4. The van der Waals surface area contributed by atoms with Crippen molar-refractivity contribution in [1.29, 1.82) is 0 Å². The normalized spacial score (nSPS) is 9.61. The predicted octanol–water partition coefficient (Wildman–Crippen LogP) is -0.591. The van der Waals surface area contributed by atoms with Gasteiger partial charge in [-0.2, -0.15) is 0 Å². The summed E-state index contributed by atoms with van der Waals surface area (Å²) >= 11 is 4.58. The summed E-state index contributed by atoms with van der Waals surface area (Å²) in [5, 5.41) is 4.76. The molecule has 96 valence electrons. The van der Waals surface area contributed by atoms with Gasteiger partial charge in [0, 0.05) is 18.4 Å². The summed E-state index contributed by atoms with van der Waals surface area (Å²) in [4.78, 5) is 26.8. The zero-order valence-electron chi connectivity index (χ0n) is 9.90. The van der Waals surface area contributed by atoms with Crippen molar-refractivity contribution in [2.45, 2.75) is 13.5 Å². The van der Waals surface area contributed by atoms with Gasteiger partial charge >= 0.3 is 11.8 Å². The molecule has 0 aliphatic rings. The van der Waals surface area contributed by atoms with Crippen molar-refractivity contribution in [3.05, 3.63) is 29.6 Å². The summed E-state index contributed by atoms with van der Waals surface area (Å²) in [7, 11) is 0. The van der Waals surface area contributed by atoms with Gasteiger partial charge in [0.15, 0.2) is 0 Å². The number of amides is 2. The van der Waals surface area contributed by atoms with Crippen LogP contribution in [0.3, 0.4) is 0 Å². The zero-order valence-corrected chi connectivity index (χ0v) is 10.7. The van der Waals surface area contributed by atoms with E-state index < -0.39 is 11.8 Å². The maximum Gasteiger partial charge on any atom is 0.309 e. The first-order valence-electron chi connectivity index (χ1n) is 5.25. The molecule has 0 saturated heterocycles. The SMILES string of the molecule is Cc1ccc(CNC(=O)C(=O)NCC(N)=S)cn1. The lowest BCUT2D eigenvalue weighted by Crippen LogP contribution is -2.42. The number of nitrogens with two attached hydrogens (primary N) is 1. The Balaban J connectivity index is 2.38. The number of pyridine rings is 1. The van der Waals surface area contributed by atoms with E-state index in [-0.39, 0.29) is 18.1 Å². The summed E-state index contributed by atoms with van der Waals surface area (Å²) < 4.78 is 0. The fourth-order valence-corrected chi connectivity index (χ4v) is 1.19. The highest BCUT2D eigenvalue weighted by atomic mass is 32.1. The van der Waals surface area contributed by atoms with Crippen molar-refractivity contribution in [3.8, 4) is 0 Å².